The highest BCUT2D eigenvalue weighted by Gasteiger charge is 2.20. The van der Waals surface area contributed by atoms with Crippen LogP contribution in [-0.2, 0) is 0 Å². The van der Waals surface area contributed by atoms with Crippen LogP contribution in [0.5, 0.6) is 0 Å². The van der Waals surface area contributed by atoms with Crippen LogP contribution in [0.3, 0.4) is 0 Å². The monoisotopic (exact) mass is 301 g/mol. The Hall–Kier alpha value is 0.140. The molecular formula is C13H20BrNS. The maximum absolute atomic E-state index is 3.77. The summed E-state index contributed by atoms with van der Waals surface area (Å²) in [6, 6.07) is 5.58. The molecule has 3 unspecified atom stereocenters. The van der Waals surface area contributed by atoms with Crippen molar-refractivity contribution in [3.8, 4) is 0 Å². The molecule has 1 aliphatic rings. The first-order valence-electron chi connectivity index (χ1n) is 6.16. The topological polar surface area (TPSA) is 12.0 Å². The molecule has 1 N–H and O–H groups in total. The van der Waals surface area contributed by atoms with Gasteiger partial charge in [0.05, 0.1) is 3.79 Å². The van der Waals surface area contributed by atoms with E-state index < -0.39 is 0 Å². The molecule has 1 nitrogen and oxygen atoms in total. The van der Waals surface area contributed by atoms with Gasteiger partial charge < -0.3 is 5.32 Å². The van der Waals surface area contributed by atoms with Crippen LogP contribution in [0.2, 0.25) is 0 Å². The molecule has 0 radical (unpaired) electrons. The minimum absolute atomic E-state index is 0.492. The molecule has 0 saturated heterocycles. The molecule has 0 aromatic carbocycles. The smallest absolute Gasteiger partial charge is 0.0701 e. The Bertz CT molecular complexity index is 336. The quantitative estimate of drug-likeness (QED) is 0.850. The van der Waals surface area contributed by atoms with Gasteiger partial charge in [0.25, 0.3) is 0 Å². The number of rotatable bonds is 3. The lowest BCUT2D eigenvalue weighted by atomic mass is 9.87. The highest BCUT2D eigenvalue weighted by molar-refractivity contribution is 9.11. The van der Waals surface area contributed by atoms with Crippen molar-refractivity contribution < 1.29 is 0 Å². The molecule has 1 fully saturated rings. The lowest BCUT2D eigenvalue weighted by Crippen LogP contribution is -2.35. The summed E-state index contributed by atoms with van der Waals surface area (Å²) in [6.07, 6.45) is 5.49. The third-order valence-corrected chi connectivity index (χ3v) is 5.25. The Labute approximate surface area is 111 Å². The second-order valence-electron chi connectivity index (χ2n) is 5.00. The van der Waals surface area contributed by atoms with Crippen molar-refractivity contribution in [3.63, 3.8) is 0 Å². The predicted octanol–water partition coefficient (Wildman–Crippen LogP) is 4.74. The van der Waals surface area contributed by atoms with Gasteiger partial charge in [-0.1, -0.05) is 19.8 Å². The van der Waals surface area contributed by atoms with Gasteiger partial charge in [0.2, 0.25) is 0 Å². The molecule has 1 heterocycles. The molecule has 90 valence electrons. The first-order chi connectivity index (χ1) is 7.65. The van der Waals surface area contributed by atoms with Gasteiger partial charge >= 0.3 is 0 Å². The lowest BCUT2D eigenvalue weighted by Gasteiger charge is -2.29. The maximum Gasteiger partial charge on any atom is 0.0701 e. The molecule has 16 heavy (non-hydrogen) atoms. The Morgan fingerprint density at radius 3 is 2.88 bits per heavy atom. The summed E-state index contributed by atoms with van der Waals surface area (Å²) in [7, 11) is 0. The molecule has 2 rings (SSSR count). The van der Waals surface area contributed by atoms with Gasteiger partial charge in [-0.2, -0.15) is 0 Å². The Kier molecular flexibility index (Phi) is 4.45. The van der Waals surface area contributed by atoms with Crippen LogP contribution in [-0.4, -0.2) is 6.04 Å². The summed E-state index contributed by atoms with van der Waals surface area (Å²) in [6.45, 7) is 4.65. The van der Waals surface area contributed by atoms with Crippen LogP contribution in [0.25, 0.3) is 0 Å². The van der Waals surface area contributed by atoms with E-state index >= 15 is 0 Å². The summed E-state index contributed by atoms with van der Waals surface area (Å²) in [4.78, 5) is 1.44. The summed E-state index contributed by atoms with van der Waals surface area (Å²) in [5, 5.41) is 3.77. The summed E-state index contributed by atoms with van der Waals surface area (Å²) < 4.78 is 1.23. The van der Waals surface area contributed by atoms with Crippen molar-refractivity contribution in [3.05, 3.63) is 20.8 Å². The van der Waals surface area contributed by atoms with Gasteiger partial charge in [0.1, 0.15) is 0 Å². The van der Waals surface area contributed by atoms with Crippen LogP contribution in [0.1, 0.15) is 50.4 Å². The van der Waals surface area contributed by atoms with Gasteiger partial charge in [0.15, 0.2) is 0 Å². The molecule has 3 heteroatoms. The van der Waals surface area contributed by atoms with Crippen LogP contribution >= 0.6 is 27.3 Å². The fourth-order valence-electron chi connectivity index (χ4n) is 2.58. The number of hydrogen-bond donors (Lipinski definition) is 1. The molecule has 3 atom stereocenters. The molecular weight excluding hydrogens is 282 g/mol. The highest BCUT2D eigenvalue weighted by Crippen LogP contribution is 2.30. The van der Waals surface area contributed by atoms with Crippen LogP contribution < -0.4 is 5.32 Å². The minimum atomic E-state index is 0.492. The second-order valence-corrected chi connectivity index (χ2v) is 7.49. The first kappa shape index (κ1) is 12.6. The summed E-state index contributed by atoms with van der Waals surface area (Å²) >= 11 is 5.37. The molecule has 0 amide bonds. The van der Waals surface area contributed by atoms with Crippen molar-refractivity contribution in [1.82, 2.24) is 5.32 Å². The van der Waals surface area contributed by atoms with E-state index in [-0.39, 0.29) is 0 Å². The van der Waals surface area contributed by atoms with E-state index in [4.69, 9.17) is 0 Å². The Morgan fingerprint density at radius 2 is 2.25 bits per heavy atom. The number of nitrogens with one attached hydrogen (secondary N) is 1. The zero-order valence-electron chi connectivity index (χ0n) is 10.0. The van der Waals surface area contributed by atoms with Gasteiger partial charge in [-0.3, -0.25) is 0 Å². The SMILES string of the molecule is CC1CCCC(NC(C)c2ccc(Br)s2)C1. The third-order valence-electron chi connectivity index (χ3n) is 3.44. The van der Waals surface area contributed by atoms with E-state index in [1.54, 1.807) is 0 Å². The van der Waals surface area contributed by atoms with Crippen molar-refractivity contribution in [2.45, 2.75) is 51.6 Å². The van der Waals surface area contributed by atoms with Crippen molar-refractivity contribution in [2.24, 2.45) is 5.92 Å². The molecule has 1 aromatic rings. The van der Waals surface area contributed by atoms with E-state index in [0.29, 0.717) is 6.04 Å². The minimum Gasteiger partial charge on any atom is -0.307 e. The van der Waals surface area contributed by atoms with Gasteiger partial charge in [-0.05, 0) is 53.7 Å². The molecule has 0 bridgehead atoms. The zero-order valence-corrected chi connectivity index (χ0v) is 12.4. The predicted molar refractivity (Wildman–Crippen MR) is 75.0 cm³/mol. The zero-order chi connectivity index (χ0) is 11.5. The molecule has 1 aliphatic carbocycles. The van der Waals surface area contributed by atoms with E-state index in [9.17, 15) is 0 Å². The number of halogens is 1. The van der Waals surface area contributed by atoms with E-state index in [2.05, 4.69) is 47.2 Å². The van der Waals surface area contributed by atoms with Crippen molar-refractivity contribution in [1.29, 1.82) is 0 Å². The fourth-order valence-corrected chi connectivity index (χ4v) is 4.02. The average molecular weight is 302 g/mol. The second kappa shape index (κ2) is 5.65. The Morgan fingerprint density at radius 1 is 1.44 bits per heavy atom. The fraction of sp³-hybridized carbons (Fsp3) is 0.692. The van der Waals surface area contributed by atoms with Crippen LogP contribution in [0.15, 0.2) is 15.9 Å². The molecule has 0 aliphatic heterocycles. The Balaban J connectivity index is 1.89. The maximum atomic E-state index is 3.77. The number of thiophene rings is 1. The lowest BCUT2D eigenvalue weighted by molar-refractivity contribution is 0.286. The molecule has 1 aromatic heterocycles. The van der Waals surface area contributed by atoms with E-state index in [1.165, 1.54) is 34.3 Å². The first-order valence-corrected chi connectivity index (χ1v) is 7.77. The van der Waals surface area contributed by atoms with E-state index in [0.717, 1.165) is 12.0 Å². The van der Waals surface area contributed by atoms with Crippen LogP contribution in [0.4, 0.5) is 0 Å². The van der Waals surface area contributed by atoms with E-state index in [1.807, 2.05) is 11.3 Å². The molecule has 1 saturated carbocycles. The average Bonchev–Trinajstić information content (AvgIpc) is 2.65. The highest BCUT2D eigenvalue weighted by atomic mass is 79.9. The largest absolute Gasteiger partial charge is 0.307 e. The van der Waals surface area contributed by atoms with Crippen molar-refractivity contribution in [2.75, 3.05) is 0 Å². The van der Waals surface area contributed by atoms with Gasteiger partial charge in [-0.15, -0.1) is 11.3 Å². The van der Waals surface area contributed by atoms with Gasteiger partial charge in [0, 0.05) is 17.0 Å². The summed E-state index contributed by atoms with van der Waals surface area (Å²) in [5.41, 5.74) is 0. The van der Waals surface area contributed by atoms with Crippen molar-refractivity contribution >= 4 is 27.3 Å². The normalized spacial score (nSPS) is 27.9. The summed E-state index contributed by atoms with van der Waals surface area (Å²) in [5.74, 6) is 0.897. The van der Waals surface area contributed by atoms with Gasteiger partial charge in [-0.25, -0.2) is 0 Å². The standard InChI is InChI=1S/C13H20BrNS/c1-9-4-3-5-11(8-9)15-10(2)12-6-7-13(14)16-12/h6-7,9-11,15H,3-5,8H2,1-2H3. The van der Waals surface area contributed by atoms with Crippen LogP contribution in [0, 0.1) is 5.92 Å². The molecule has 0 spiro atoms. The number of hydrogen-bond acceptors (Lipinski definition) is 2. The third kappa shape index (κ3) is 3.31.